The van der Waals surface area contributed by atoms with E-state index in [0.29, 0.717) is 18.8 Å². The molecule has 24 heavy (non-hydrogen) atoms. The van der Waals surface area contributed by atoms with Crippen LogP contribution in [0.25, 0.3) is 11.4 Å². The lowest BCUT2D eigenvalue weighted by Gasteiger charge is -2.07. The summed E-state index contributed by atoms with van der Waals surface area (Å²) in [6.45, 7) is 0.297. The van der Waals surface area contributed by atoms with E-state index in [2.05, 4.69) is 14.7 Å². The van der Waals surface area contributed by atoms with E-state index < -0.39 is 10.0 Å². The average molecular weight is 339 g/mol. The summed E-state index contributed by atoms with van der Waals surface area (Å²) in [5.74, 6) is 0.657. The Morgan fingerprint density at radius 1 is 0.833 bits per heavy atom. The summed E-state index contributed by atoms with van der Waals surface area (Å²) in [5.41, 5.74) is 1.83. The topological polar surface area (TPSA) is 72.0 Å². The van der Waals surface area contributed by atoms with E-state index in [1.807, 2.05) is 30.3 Å². The molecule has 0 aliphatic rings. The smallest absolute Gasteiger partial charge is 0.236 e. The molecule has 0 bridgehead atoms. The number of rotatable bonds is 6. The van der Waals surface area contributed by atoms with Gasteiger partial charge in [-0.3, -0.25) is 0 Å². The van der Waals surface area contributed by atoms with Crippen molar-refractivity contribution in [3.8, 4) is 11.4 Å². The van der Waals surface area contributed by atoms with Gasteiger partial charge in [0.1, 0.15) is 0 Å². The molecule has 1 N–H and O–H groups in total. The van der Waals surface area contributed by atoms with Crippen LogP contribution < -0.4 is 4.72 Å². The number of nitrogens with zero attached hydrogens (tertiary/aromatic N) is 2. The Morgan fingerprint density at radius 3 is 2.04 bits per heavy atom. The van der Waals surface area contributed by atoms with E-state index in [-0.39, 0.29) is 4.90 Å². The lowest BCUT2D eigenvalue weighted by molar-refractivity contribution is 0.581. The highest BCUT2D eigenvalue weighted by molar-refractivity contribution is 7.89. The van der Waals surface area contributed by atoms with Crippen molar-refractivity contribution in [3.05, 3.63) is 78.6 Å². The molecule has 0 aliphatic heterocycles. The van der Waals surface area contributed by atoms with Crippen LogP contribution in [0.3, 0.4) is 0 Å². The van der Waals surface area contributed by atoms with Crippen LogP contribution in [0.15, 0.2) is 78.0 Å². The molecule has 0 aliphatic carbocycles. The third kappa shape index (κ3) is 4.04. The fourth-order valence-corrected chi connectivity index (χ4v) is 3.29. The van der Waals surface area contributed by atoms with Crippen molar-refractivity contribution in [2.75, 3.05) is 6.54 Å². The van der Waals surface area contributed by atoms with E-state index in [4.69, 9.17) is 0 Å². The molecule has 0 radical (unpaired) electrons. The Morgan fingerprint density at radius 2 is 1.42 bits per heavy atom. The molecule has 0 saturated carbocycles. The van der Waals surface area contributed by atoms with Crippen molar-refractivity contribution in [1.82, 2.24) is 14.7 Å². The quantitative estimate of drug-likeness (QED) is 0.749. The monoisotopic (exact) mass is 339 g/mol. The van der Waals surface area contributed by atoms with Crippen molar-refractivity contribution >= 4 is 10.0 Å². The second kappa shape index (κ2) is 7.33. The molecule has 3 aromatic rings. The minimum Gasteiger partial charge on any atom is -0.236 e. The molecule has 2 aromatic carbocycles. The normalized spacial score (nSPS) is 11.3. The standard InChI is InChI=1S/C18H17N3O2S/c22-24(23,17-9-5-2-6-10-17)21-12-11-15-13-19-18(20-14-15)16-7-3-1-4-8-16/h1-10,13-14,21H,11-12H2. The zero-order valence-corrected chi connectivity index (χ0v) is 13.8. The Bertz CT molecular complexity index is 881. The molecule has 0 fully saturated rings. The maximum Gasteiger partial charge on any atom is 0.240 e. The molecular formula is C18H17N3O2S. The molecule has 0 unspecified atom stereocenters. The van der Waals surface area contributed by atoms with Gasteiger partial charge in [0.2, 0.25) is 10.0 Å². The van der Waals surface area contributed by atoms with Crippen molar-refractivity contribution in [2.24, 2.45) is 0 Å². The van der Waals surface area contributed by atoms with E-state index >= 15 is 0 Å². The van der Waals surface area contributed by atoms with Gasteiger partial charge in [0, 0.05) is 24.5 Å². The fraction of sp³-hybridized carbons (Fsp3) is 0.111. The van der Waals surface area contributed by atoms with Crippen molar-refractivity contribution in [2.45, 2.75) is 11.3 Å². The first-order chi connectivity index (χ1) is 11.6. The van der Waals surface area contributed by atoms with Crippen molar-refractivity contribution in [1.29, 1.82) is 0 Å². The zero-order chi connectivity index (χ0) is 16.8. The third-order valence-corrected chi connectivity index (χ3v) is 4.97. The van der Waals surface area contributed by atoms with Crippen molar-refractivity contribution in [3.63, 3.8) is 0 Å². The van der Waals surface area contributed by atoms with Crippen LogP contribution in [-0.4, -0.2) is 24.9 Å². The first-order valence-corrected chi connectivity index (χ1v) is 9.04. The summed E-state index contributed by atoms with van der Waals surface area (Å²) < 4.78 is 26.8. The zero-order valence-electron chi connectivity index (χ0n) is 13.0. The van der Waals surface area contributed by atoms with Crippen LogP contribution in [0.1, 0.15) is 5.56 Å². The molecule has 1 heterocycles. The molecule has 122 valence electrons. The Labute approximate surface area is 141 Å². The average Bonchev–Trinajstić information content (AvgIpc) is 2.64. The van der Waals surface area contributed by atoms with Gasteiger partial charge >= 0.3 is 0 Å². The van der Waals surface area contributed by atoms with Gasteiger partial charge in [-0.15, -0.1) is 0 Å². The number of benzene rings is 2. The predicted molar refractivity (Wildman–Crippen MR) is 92.8 cm³/mol. The summed E-state index contributed by atoms with van der Waals surface area (Å²) >= 11 is 0. The van der Waals surface area contributed by atoms with Crippen LogP contribution in [0.5, 0.6) is 0 Å². The number of nitrogens with one attached hydrogen (secondary N) is 1. The minimum atomic E-state index is -3.47. The van der Waals surface area contributed by atoms with Crippen LogP contribution >= 0.6 is 0 Å². The van der Waals surface area contributed by atoms with Crippen LogP contribution in [-0.2, 0) is 16.4 Å². The van der Waals surface area contributed by atoms with Gasteiger partial charge in [-0.1, -0.05) is 48.5 Å². The first-order valence-electron chi connectivity index (χ1n) is 7.56. The molecule has 0 spiro atoms. The summed E-state index contributed by atoms with van der Waals surface area (Å²) in [6.07, 6.45) is 3.99. The fourth-order valence-electron chi connectivity index (χ4n) is 2.23. The largest absolute Gasteiger partial charge is 0.240 e. The van der Waals surface area contributed by atoms with Gasteiger partial charge in [0.25, 0.3) is 0 Å². The third-order valence-electron chi connectivity index (χ3n) is 3.50. The maximum absolute atomic E-state index is 12.1. The first kappa shape index (κ1) is 16.3. The van der Waals surface area contributed by atoms with Crippen LogP contribution in [0, 0.1) is 0 Å². The molecule has 0 saturated heterocycles. The van der Waals surface area contributed by atoms with E-state index in [9.17, 15) is 8.42 Å². The van der Waals surface area contributed by atoms with Crippen LogP contribution in [0.4, 0.5) is 0 Å². The Hall–Kier alpha value is -2.57. The summed E-state index contributed by atoms with van der Waals surface area (Å²) in [4.78, 5) is 8.93. The number of hydrogen-bond donors (Lipinski definition) is 1. The summed E-state index contributed by atoms with van der Waals surface area (Å²) in [5, 5.41) is 0. The van der Waals surface area contributed by atoms with Gasteiger partial charge in [-0.05, 0) is 24.1 Å². The summed E-state index contributed by atoms with van der Waals surface area (Å²) in [6, 6.07) is 18.0. The molecule has 3 rings (SSSR count). The van der Waals surface area contributed by atoms with E-state index in [0.717, 1.165) is 11.1 Å². The van der Waals surface area contributed by atoms with Gasteiger partial charge in [-0.2, -0.15) is 0 Å². The molecule has 6 heteroatoms. The van der Waals surface area contributed by atoms with Gasteiger partial charge < -0.3 is 0 Å². The van der Waals surface area contributed by atoms with E-state index in [1.54, 1.807) is 42.7 Å². The van der Waals surface area contributed by atoms with Gasteiger partial charge in [0.15, 0.2) is 5.82 Å². The second-order valence-corrected chi connectivity index (χ2v) is 7.01. The highest BCUT2D eigenvalue weighted by Crippen LogP contribution is 2.13. The number of sulfonamides is 1. The Kier molecular flexibility index (Phi) is 4.98. The lowest BCUT2D eigenvalue weighted by Crippen LogP contribution is -2.26. The second-order valence-electron chi connectivity index (χ2n) is 5.24. The molecule has 5 nitrogen and oxygen atoms in total. The van der Waals surface area contributed by atoms with Crippen LogP contribution in [0.2, 0.25) is 0 Å². The van der Waals surface area contributed by atoms with Crippen molar-refractivity contribution < 1.29 is 8.42 Å². The minimum absolute atomic E-state index is 0.265. The predicted octanol–water partition coefficient (Wildman–Crippen LogP) is 2.66. The SMILES string of the molecule is O=S(=O)(NCCc1cnc(-c2ccccc2)nc1)c1ccccc1. The van der Waals surface area contributed by atoms with Gasteiger partial charge in [0.05, 0.1) is 4.90 Å². The molecule has 0 amide bonds. The number of hydrogen-bond acceptors (Lipinski definition) is 4. The Balaban J connectivity index is 1.60. The highest BCUT2D eigenvalue weighted by Gasteiger charge is 2.12. The number of aromatic nitrogens is 2. The highest BCUT2D eigenvalue weighted by atomic mass is 32.2. The molecular weight excluding hydrogens is 322 g/mol. The lowest BCUT2D eigenvalue weighted by atomic mass is 10.2. The summed E-state index contributed by atoms with van der Waals surface area (Å²) in [7, 11) is -3.47. The molecule has 0 atom stereocenters. The molecule has 1 aromatic heterocycles. The van der Waals surface area contributed by atoms with Gasteiger partial charge in [-0.25, -0.2) is 23.1 Å². The van der Waals surface area contributed by atoms with E-state index in [1.165, 1.54) is 0 Å². The maximum atomic E-state index is 12.1.